The molecule has 8 nitrogen and oxygen atoms in total. The highest BCUT2D eigenvalue weighted by Crippen LogP contribution is 2.49. The summed E-state index contributed by atoms with van der Waals surface area (Å²) in [5, 5.41) is 3.15. The second-order valence-electron chi connectivity index (χ2n) is 12.1. The van der Waals surface area contributed by atoms with Crippen molar-refractivity contribution >= 4 is 21.5 Å². The molecule has 0 radical (unpaired) electrons. The van der Waals surface area contributed by atoms with Crippen LogP contribution in [-0.4, -0.2) is 52.9 Å². The Bertz CT molecular complexity index is 2020. The molecule has 0 heterocycles. The van der Waals surface area contributed by atoms with Crippen LogP contribution in [0.3, 0.4) is 0 Å². The van der Waals surface area contributed by atoms with Gasteiger partial charge in [-0.3, -0.25) is 0 Å². The second kappa shape index (κ2) is 18.8. The Balaban J connectivity index is 1.22. The number of hydrogen-bond acceptors (Lipinski definition) is 8. The van der Waals surface area contributed by atoms with Crippen LogP contribution in [-0.2, 0) is 0 Å². The molecule has 0 unspecified atom stereocenters. The molecular weight excluding hydrogens is 680 g/mol. The van der Waals surface area contributed by atoms with Crippen molar-refractivity contribution in [3.05, 3.63) is 158 Å². The van der Waals surface area contributed by atoms with Gasteiger partial charge in [-0.2, -0.15) is 0 Å². The molecule has 54 heavy (non-hydrogen) atoms. The van der Waals surface area contributed by atoms with Crippen LogP contribution in [0.5, 0.6) is 46.0 Å². The lowest BCUT2D eigenvalue weighted by Crippen LogP contribution is -2.13. The van der Waals surface area contributed by atoms with Gasteiger partial charge in [0.15, 0.2) is 0 Å². The largest absolute Gasteiger partial charge is 0.490 e. The Hall–Kier alpha value is -6.54. The highest BCUT2D eigenvalue weighted by atomic mass is 16.5. The summed E-state index contributed by atoms with van der Waals surface area (Å²) < 4.78 is 50.1. The number of ether oxygens (including phenoxy) is 8. The van der Waals surface area contributed by atoms with Gasteiger partial charge in [0.1, 0.15) is 98.9 Å². The molecule has 0 spiro atoms. The molecule has 0 saturated carbocycles. The predicted molar refractivity (Wildman–Crippen MR) is 211 cm³/mol. The molecule has 0 aliphatic rings. The van der Waals surface area contributed by atoms with E-state index in [9.17, 15) is 0 Å². The molecule has 7 aromatic carbocycles. The van der Waals surface area contributed by atoms with E-state index in [0.29, 0.717) is 62.6 Å². The molecule has 0 aromatic heterocycles. The standard InChI is InChI=1S/C46H42O8/c1-5-15-35(16-6-1)47-27-31-51-41-25-13-23-39-43(41)45(53-33-29-49-37-19-9-3-10-20-37)40-24-14-26-42(52-32-28-48-36-17-7-2-8-18-36)44(40)46(39)54-34-30-50-38-21-11-4-12-22-38/h1-26H,27-34H2. The second-order valence-corrected chi connectivity index (χ2v) is 12.1. The zero-order valence-electron chi connectivity index (χ0n) is 29.9. The van der Waals surface area contributed by atoms with Crippen molar-refractivity contribution in [1.29, 1.82) is 0 Å². The first-order valence-electron chi connectivity index (χ1n) is 18.1. The van der Waals surface area contributed by atoms with Gasteiger partial charge in [-0.1, -0.05) is 97.1 Å². The molecule has 7 aromatic rings. The minimum Gasteiger partial charge on any atom is -0.490 e. The van der Waals surface area contributed by atoms with Gasteiger partial charge in [-0.25, -0.2) is 0 Å². The summed E-state index contributed by atoms with van der Waals surface area (Å²) in [5.74, 6) is 5.65. The van der Waals surface area contributed by atoms with Crippen molar-refractivity contribution in [1.82, 2.24) is 0 Å². The first-order valence-corrected chi connectivity index (χ1v) is 18.1. The Morgan fingerprint density at radius 1 is 0.241 bits per heavy atom. The summed E-state index contributed by atoms with van der Waals surface area (Å²) in [5.41, 5.74) is 0. The first kappa shape index (κ1) is 35.8. The van der Waals surface area contributed by atoms with Gasteiger partial charge in [0, 0.05) is 10.8 Å². The van der Waals surface area contributed by atoms with Gasteiger partial charge in [0.05, 0.1) is 10.8 Å². The lowest BCUT2D eigenvalue weighted by Gasteiger charge is -2.22. The Labute approximate surface area is 315 Å². The van der Waals surface area contributed by atoms with Crippen molar-refractivity contribution in [2.75, 3.05) is 52.9 Å². The third-order valence-electron chi connectivity index (χ3n) is 8.38. The first-order chi connectivity index (χ1) is 26.8. The van der Waals surface area contributed by atoms with Gasteiger partial charge in [-0.05, 0) is 60.7 Å². The van der Waals surface area contributed by atoms with Crippen LogP contribution in [0.25, 0.3) is 21.5 Å². The van der Waals surface area contributed by atoms with Gasteiger partial charge in [0.25, 0.3) is 0 Å². The van der Waals surface area contributed by atoms with Gasteiger partial charge >= 0.3 is 0 Å². The van der Waals surface area contributed by atoms with Crippen LogP contribution in [0.2, 0.25) is 0 Å². The normalized spacial score (nSPS) is 10.8. The molecule has 7 rings (SSSR count). The number of fused-ring (bicyclic) bond motifs is 2. The monoisotopic (exact) mass is 722 g/mol. The van der Waals surface area contributed by atoms with Crippen molar-refractivity contribution in [3.8, 4) is 46.0 Å². The summed E-state index contributed by atoms with van der Waals surface area (Å²) in [6.45, 7) is 2.59. The summed E-state index contributed by atoms with van der Waals surface area (Å²) >= 11 is 0. The van der Waals surface area contributed by atoms with Crippen molar-refractivity contribution in [2.24, 2.45) is 0 Å². The average Bonchev–Trinajstić information content (AvgIpc) is 3.23. The molecule has 0 aliphatic carbocycles. The summed E-state index contributed by atoms with van der Waals surface area (Å²) in [6.07, 6.45) is 0. The van der Waals surface area contributed by atoms with Gasteiger partial charge in [-0.15, -0.1) is 0 Å². The van der Waals surface area contributed by atoms with E-state index in [-0.39, 0.29) is 13.2 Å². The number of hydrogen-bond donors (Lipinski definition) is 0. The fourth-order valence-electron chi connectivity index (χ4n) is 6.01. The lowest BCUT2D eigenvalue weighted by molar-refractivity contribution is 0.212. The van der Waals surface area contributed by atoms with Gasteiger partial charge < -0.3 is 37.9 Å². The highest BCUT2D eigenvalue weighted by molar-refractivity contribution is 6.15. The molecule has 0 bridgehead atoms. The van der Waals surface area contributed by atoms with Gasteiger partial charge in [0.2, 0.25) is 0 Å². The van der Waals surface area contributed by atoms with E-state index in [1.54, 1.807) is 0 Å². The Kier molecular flexibility index (Phi) is 12.5. The maximum absolute atomic E-state index is 6.65. The molecule has 0 aliphatic heterocycles. The summed E-state index contributed by atoms with van der Waals surface area (Å²) in [6, 6.07) is 50.6. The van der Waals surface area contributed by atoms with Crippen LogP contribution in [0.15, 0.2) is 158 Å². The van der Waals surface area contributed by atoms with E-state index in [1.807, 2.05) is 158 Å². The van der Waals surface area contributed by atoms with Crippen molar-refractivity contribution in [3.63, 3.8) is 0 Å². The number of para-hydroxylation sites is 4. The van der Waals surface area contributed by atoms with E-state index in [0.717, 1.165) is 44.5 Å². The average molecular weight is 723 g/mol. The van der Waals surface area contributed by atoms with E-state index >= 15 is 0 Å². The number of rotatable bonds is 20. The van der Waals surface area contributed by atoms with Crippen LogP contribution < -0.4 is 37.9 Å². The molecule has 0 saturated heterocycles. The topological polar surface area (TPSA) is 73.8 Å². The summed E-state index contributed by atoms with van der Waals surface area (Å²) in [4.78, 5) is 0. The molecular formula is C46H42O8. The molecule has 8 heteroatoms. The van der Waals surface area contributed by atoms with Crippen LogP contribution in [0.4, 0.5) is 0 Å². The van der Waals surface area contributed by atoms with Crippen LogP contribution >= 0.6 is 0 Å². The molecule has 0 N–H and O–H groups in total. The fourth-order valence-corrected chi connectivity index (χ4v) is 6.01. The third-order valence-corrected chi connectivity index (χ3v) is 8.38. The SMILES string of the molecule is c1ccc(OCCOc2cccc3c(OCCOc4ccccc4)c4c(OCCOc5ccccc5)cccc4c(OCCOc4ccccc4)c23)cc1. The molecule has 0 fully saturated rings. The van der Waals surface area contributed by atoms with Crippen molar-refractivity contribution < 1.29 is 37.9 Å². The number of benzene rings is 7. The maximum Gasteiger partial charge on any atom is 0.139 e. The Morgan fingerprint density at radius 2 is 0.519 bits per heavy atom. The van der Waals surface area contributed by atoms with E-state index in [1.165, 1.54) is 0 Å². The minimum atomic E-state index is 0.283. The molecule has 0 amide bonds. The lowest BCUT2D eigenvalue weighted by atomic mass is 9.99. The predicted octanol–water partition coefficient (Wildman–Crippen LogP) is 9.82. The third kappa shape index (κ3) is 9.46. The zero-order valence-corrected chi connectivity index (χ0v) is 29.9. The van der Waals surface area contributed by atoms with E-state index in [4.69, 9.17) is 37.9 Å². The van der Waals surface area contributed by atoms with Crippen LogP contribution in [0.1, 0.15) is 0 Å². The van der Waals surface area contributed by atoms with E-state index < -0.39 is 0 Å². The van der Waals surface area contributed by atoms with E-state index in [2.05, 4.69) is 0 Å². The smallest absolute Gasteiger partial charge is 0.139 e. The summed E-state index contributed by atoms with van der Waals surface area (Å²) in [7, 11) is 0. The molecule has 0 atom stereocenters. The fraction of sp³-hybridized carbons (Fsp3) is 0.174. The minimum absolute atomic E-state index is 0.283. The van der Waals surface area contributed by atoms with Crippen molar-refractivity contribution in [2.45, 2.75) is 0 Å². The highest BCUT2D eigenvalue weighted by Gasteiger charge is 2.23. The maximum atomic E-state index is 6.65. The van der Waals surface area contributed by atoms with Crippen LogP contribution in [0, 0.1) is 0 Å². The zero-order chi connectivity index (χ0) is 36.6. The Morgan fingerprint density at radius 3 is 0.833 bits per heavy atom. The molecule has 274 valence electrons. The quantitative estimate of drug-likeness (QED) is 0.0569.